The molecule has 0 unspecified atom stereocenters. The molecule has 5 nitrogen and oxygen atoms in total. The van der Waals surface area contributed by atoms with Crippen LogP contribution >= 0.6 is 11.8 Å². The Kier molecular flexibility index (Phi) is 3.80. The van der Waals surface area contributed by atoms with Crippen LogP contribution in [0.4, 0.5) is 13.2 Å². The van der Waals surface area contributed by atoms with Gasteiger partial charge in [0.2, 0.25) is 5.89 Å². The summed E-state index contributed by atoms with van der Waals surface area (Å²) in [5, 5.41) is 14.7. The first-order valence-corrected chi connectivity index (χ1v) is 6.82. The van der Waals surface area contributed by atoms with Crippen molar-refractivity contribution in [3.8, 4) is 11.5 Å². The second-order valence-corrected chi connectivity index (χ2v) is 5.07. The fourth-order valence-electron chi connectivity index (χ4n) is 1.56. The van der Waals surface area contributed by atoms with Crippen molar-refractivity contribution >= 4 is 11.8 Å². The highest BCUT2D eigenvalue weighted by Crippen LogP contribution is 2.30. The van der Waals surface area contributed by atoms with E-state index >= 15 is 0 Å². The van der Waals surface area contributed by atoms with E-state index in [0.717, 1.165) is 23.4 Å². The first kappa shape index (κ1) is 14.5. The number of alkyl halides is 3. The zero-order valence-corrected chi connectivity index (χ0v) is 11.6. The zero-order valence-electron chi connectivity index (χ0n) is 10.8. The van der Waals surface area contributed by atoms with Crippen LogP contribution < -0.4 is 0 Å². The van der Waals surface area contributed by atoms with Gasteiger partial charge in [-0.05, 0) is 36.0 Å². The number of hydrogen-bond acceptors (Lipinski definition) is 6. The van der Waals surface area contributed by atoms with Crippen molar-refractivity contribution in [1.82, 2.24) is 20.4 Å². The topological polar surface area (TPSA) is 64.7 Å². The highest BCUT2D eigenvalue weighted by atomic mass is 32.2. The molecule has 1 aromatic carbocycles. The summed E-state index contributed by atoms with van der Waals surface area (Å²) in [6.07, 6.45) is -4.51. The lowest BCUT2D eigenvalue weighted by Crippen LogP contribution is -2.08. The first-order chi connectivity index (χ1) is 10.5. The van der Waals surface area contributed by atoms with E-state index in [4.69, 9.17) is 4.42 Å². The van der Waals surface area contributed by atoms with Crippen LogP contribution in [0.2, 0.25) is 0 Å². The summed E-state index contributed by atoms with van der Waals surface area (Å²) in [6, 6.07) is 11.2. The Morgan fingerprint density at radius 2 is 1.64 bits per heavy atom. The zero-order chi connectivity index (χ0) is 15.6. The van der Waals surface area contributed by atoms with E-state index in [1.807, 2.05) is 18.2 Å². The molecule has 2 heterocycles. The SMILES string of the molecule is FC(F)(F)c1ccc(Sc2nnc(-c3ccccc3)o2)nn1. The molecular formula is C13H7F3N4OS. The molecule has 0 aliphatic rings. The molecule has 3 rings (SSSR count). The summed E-state index contributed by atoms with van der Waals surface area (Å²) in [6.45, 7) is 0. The Hall–Kier alpha value is -2.42. The number of hydrogen-bond donors (Lipinski definition) is 0. The van der Waals surface area contributed by atoms with Crippen LogP contribution in [0.15, 0.2) is 57.1 Å². The monoisotopic (exact) mass is 324 g/mol. The Bertz CT molecular complexity index is 759. The summed E-state index contributed by atoms with van der Waals surface area (Å²) in [4.78, 5) is 0. The third-order valence-corrected chi connectivity index (χ3v) is 3.32. The van der Waals surface area contributed by atoms with Gasteiger partial charge in [0.1, 0.15) is 5.03 Å². The summed E-state index contributed by atoms with van der Waals surface area (Å²) >= 11 is 0.941. The van der Waals surface area contributed by atoms with Gasteiger partial charge in [-0.25, -0.2) is 0 Å². The molecule has 0 saturated carbocycles. The Morgan fingerprint density at radius 3 is 2.27 bits per heavy atom. The second kappa shape index (κ2) is 5.76. The standard InChI is InChI=1S/C13H7F3N4OS/c14-13(15,16)9-6-7-10(18-17-9)22-12-20-19-11(21-12)8-4-2-1-3-5-8/h1-7H. The molecule has 0 bridgehead atoms. The van der Waals surface area contributed by atoms with Crippen LogP contribution in [0.25, 0.3) is 11.5 Å². The molecule has 3 aromatic rings. The summed E-state index contributed by atoms with van der Waals surface area (Å²) in [5.74, 6) is 0.322. The average molecular weight is 324 g/mol. The van der Waals surface area contributed by atoms with Crippen LogP contribution in [0.1, 0.15) is 5.69 Å². The molecule has 0 saturated heterocycles. The summed E-state index contributed by atoms with van der Waals surface area (Å²) in [7, 11) is 0. The Balaban J connectivity index is 1.76. The molecule has 0 amide bonds. The highest BCUT2D eigenvalue weighted by Gasteiger charge is 2.32. The van der Waals surface area contributed by atoms with Crippen LogP contribution in [0, 0.1) is 0 Å². The number of aromatic nitrogens is 4. The van der Waals surface area contributed by atoms with Crippen LogP contribution in [-0.4, -0.2) is 20.4 Å². The van der Waals surface area contributed by atoms with Crippen molar-refractivity contribution < 1.29 is 17.6 Å². The molecule has 0 aliphatic heterocycles. The first-order valence-electron chi connectivity index (χ1n) is 6.00. The minimum atomic E-state index is -4.51. The van der Waals surface area contributed by atoms with E-state index in [1.165, 1.54) is 6.07 Å². The largest absolute Gasteiger partial charge is 0.435 e. The van der Waals surface area contributed by atoms with Crippen molar-refractivity contribution in [2.75, 3.05) is 0 Å². The molecule has 112 valence electrons. The molecule has 0 fully saturated rings. The molecule has 0 spiro atoms. The van der Waals surface area contributed by atoms with Crippen LogP contribution in [-0.2, 0) is 6.18 Å². The fourth-order valence-corrected chi connectivity index (χ4v) is 2.16. The van der Waals surface area contributed by atoms with Crippen LogP contribution in [0.3, 0.4) is 0 Å². The minimum Gasteiger partial charge on any atom is -0.411 e. The van der Waals surface area contributed by atoms with Gasteiger partial charge in [0, 0.05) is 5.56 Å². The maximum atomic E-state index is 12.4. The number of rotatable bonds is 3. The highest BCUT2D eigenvalue weighted by molar-refractivity contribution is 7.99. The number of nitrogens with zero attached hydrogens (tertiary/aromatic N) is 4. The fraction of sp³-hybridized carbons (Fsp3) is 0.0769. The second-order valence-electron chi connectivity index (χ2n) is 4.10. The predicted octanol–water partition coefficient (Wildman–Crippen LogP) is 3.70. The van der Waals surface area contributed by atoms with Gasteiger partial charge in [0.05, 0.1) is 0 Å². The quantitative estimate of drug-likeness (QED) is 0.732. The van der Waals surface area contributed by atoms with Crippen molar-refractivity contribution in [2.45, 2.75) is 16.4 Å². The van der Waals surface area contributed by atoms with Crippen molar-refractivity contribution in [3.63, 3.8) is 0 Å². The maximum absolute atomic E-state index is 12.4. The number of halogens is 3. The van der Waals surface area contributed by atoms with Gasteiger partial charge in [-0.2, -0.15) is 13.2 Å². The smallest absolute Gasteiger partial charge is 0.411 e. The van der Waals surface area contributed by atoms with Crippen LogP contribution in [0.5, 0.6) is 0 Å². The van der Waals surface area contributed by atoms with Gasteiger partial charge < -0.3 is 4.42 Å². The van der Waals surface area contributed by atoms with Gasteiger partial charge in [0.25, 0.3) is 5.22 Å². The maximum Gasteiger partial charge on any atom is 0.435 e. The van der Waals surface area contributed by atoms with E-state index in [2.05, 4.69) is 20.4 Å². The lowest BCUT2D eigenvalue weighted by atomic mass is 10.2. The molecule has 22 heavy (non-hydrogen) atoms. The van der Waals surface area contributed by atoms with Crippen molar-refractivity contribution in [2.24, 2.45) is 0 Å². The summed E-state index contributed by atoms with van der Waals surface area (Å²) in [5.41, 5.74) is -0.298. The van der Waals surface area contributed by atoms with E-state index in [9.17, 15) is 13.2 Å². The van der Waals surface area contributed by atoms with Crippen molar-refractivity contribution in [1.29, 1.82) is 0 Å². The minimum absolute atomic E-state index is 0.174. The lowest BCUT2D eigenvalue weighted by molar-refractivity contribution is -0.141. The Morgan fingerprint density at radius 1 is 0.864 bits per heavy atom. The van der Waals surface area contributed by atoms with E-state index in [0.29, 0.717) is 5.89 Å². The Labute approximate surface area is 126 Å². The predicted molar refractivity (Wildman–Crippen MR) is 70.9 cm³/mol. The molecule has 0 atom stereocenters. The number of benzene rings is 1. The van der Waals surface area contributed by atoms with E-state index in [1.54, 1.807) is 12.1 Å². The van der Waals surface area contributed by atoms with E-state index in [-0.39, 0.29) is 10.2 Å². The normalized spacial score (nSPS) is 11.6. The average Bonchev–Trinajstić information content (AvgIpc) is 2.96. The van der Waals surface area contributed by atoms with Gasteiger partial charge in [-0.3, -0.25) is 0 Å². The third-order valence-electron chi connectivity index (χ3n) is 2.55. The summed E-state index contributed by atoms with van der Waals surface area (Å²) < 4.78 is 42.6. The van der Waals surface area contributed by atoms with Gasteiger partial charge in [0.15, 0.2) is 5.69 Å². The van der Waals surface area contributed by atoms with Crippen molar-refractivity contribution in [3.05, 3.63) is 48.2 Å². The molecule has 9 heteroatoms. The molecule has 0 N–H and O–H groups in total. The molecular weight excluding hydrogens is 317 g/mol. The van der Waals surface area contributed by atoms with Gasteiger partial charge in [-0.15, -0.1) is 20.4 Å². The molecule has 0 radical (unpaired) electrons. The van der Waals surface area contributed by atoms with Gasteiger partial charge >= 0.3 is 6.18 Å². The van der Waals surface area contributed by atoms with Gasteiger partial charge in [-0.1, -0.05) is 18.2 Å². The van der Waals surface area contributed by atoms with E-state index < -0.39 is 11.9 Å². The third kappa shape index (κ3) is 3.25. The lowest BCUT2D eigenvalue weighted by Gasteiger charge is -2.03. The molecule has 0 aliphatic carbocycles. The molecule has 2 aromatic heterocycles.